The van der Waals surface area contributed by atoms with E-state index in [9.17, 15) is 9.59 Å². The van der Waals surface area contributed by atoms with Crippen molar-refractivity contribution in [3.05, 3.63) is 88.5 Å². The molecular weight excluding hydrogens is 462 g/mol. The van der Waals surface area contributed by atoms with E-state index in [-0.39, 0.29) is 17.9 Å². The lowest BCUT2D eigenvalue weighted by atomic mass is 9.93. The smallest absolute Gasteiger partial charge is 0.251 e. The molecule has 1 unspecified atom stereocenters. The number of carbonyl (C=O) groups is 2. The average Bonchev–Trinajstić information content (AvgIpc) is 2.88. The maximum atomic E-state index is 12.2. The molecule has 1 atom stereocenters. The van der Waals surface area contributed by atoms with Gasteiger partial charge in [-0.25, -0.2) is 0 Å². The molecule has 0 heterocycles. The van der Waals surface area contributed by atoms with Gasteiger partial charge in [-0.1, -0.05) is 64.1 Å². The Kier molecular flexibility index (Phi) is 11.5. The largest absolute Gasteiger partial charge is 0.485 e. The number of nitrogens with one attached hydrogen (secondary N) is 1. The number of hydrogen-bond donors (Lipinski definition) is 2. The standard InChI is InChI=1S/C31H37NO3.CH4O/c1-20(2)24-8-10-25(11-9-24)29-22(5)18-28(19-23(29)6)35-30(21(3)4)26-12-14-27(15-13-26)31(34)32-16-7-17-33;1-2/h8-15,17-21,30H,7,16H2,1-6H3,(H,32,34);2H,1H3. The lowest BCUT2D eigenvalue weighted by Crippen LogP contribution is -2.24. The predicted molar refractivity (Wildman–Crippen MR) is 151 cm³/mol. The van der Waals surface area contributed by atoms with Crippen molar-refractivity contribution in [3.63, 3.8) is 0 Å². The van der Waals surface area contributed by atoms with Crippen molar-refractivity contribution in [3.8, 4) is 16.9 Å². The fourth-order valence-electron chi connectivity index (χ4n) is 4.39. The van der Waals surface area contributed by atoms with Gasteiger partial charge in [-0.15, -0.1) is 0 Å². The Morgan fingerprint density at radius 1 is 0.892 bits per heavy atom. The van der Waals surface area contributed by atoms with Crippen LogP contribution in [0.3, 0.4) is 0 Å². The van der Waals surface area contributed by atoms with Crippen LogP contribution in [0.15, 0.2) is 60.7 Å². The third kappa shape index (κ3) is 8.02. The van der Waals surface area contributed by atoms with E-state index in [1.165, 1.54) is 27.8 Å². The maximum absolute atomic E-state index is 12.2. The first-order valence-electron chi connectivity index (χ1n) is 12.9. The minimum absolute atomic E-state index is 0.142. The highest BCUT2D eigenvalue weighted by Crippen LogP contribution is 2.35. The molecule has 37 heavy (non-hydrogen) atoms. The molecule has 0 radical (unpaired) electrons. The summed E-state index contributed by atoms with van der Waals surface area (Å²) in [5.41, 5.74) is 7.77. The third-order valence-corrected chi connectivity index (χ3v) is 6.29. The summed E-state index contributed by atoms with van der Waals surface area (Å²) in [5.74, 6) is 1.42. The number of aliphatic hydroxyl groups excluding tert-OH is 1. The monoisotopic (exact) mass is 503 g/mol. The van der Waals surface area contributed by atoms with Gasteiger partial charge in [0.2, 0.25) is 0 Å². The van der Waals surface area contributed by atoms with Gasteiger partial charge >= 0.3 is 0 Å². The summed E-state index contributed by atoms with van der Waals surface area (Å²) >= 11 is 0. The molecule has 3 rings (SSSR count). The number of aldehydes is 1. The van der Waals surface area contributed by atoms with Crippen molar-refractivity contribution in [2.45, 2.75) is 60.0 Å². The quantitative estimate of drug-likeness (QED) is 0.236. The van der Waals surface area contributed by atoms with E-state index in [2.05, 4.69) is 83.3 Å². The summed E-state index contributed by atoms with van der Waals surface area (Å²) in [7, 11) is 1.00. The molecule has 0 aliphatic rings. The minimum Gasteiger partial charge on any atom is -0.485 e. The van der Waals surface area contributed by atoms with Crippen molar-refractivity contribution in [1.82, 2.24) is 5.32 Å². The molecule has 0 aliphatic carbocycles. The fourth-order valence-corrected chi connectivity index (χ4v) is 4.39. The SMILES string of the molecule is CO.Cc1cc(OC(c2ccc(C(=O)NCCC=O)cc2)C(C)C)cc(C)c1-c1ccc(C(C)C)cc1. The van der Waals surface area contributed by atoms with E-state index in [4.69, 9.17) is 9.84 Å². The molecule has 0 aromatic heterocycles. The summed E-state index contributed by atoms with van der Waals surface area (Å²) < 4.78 is 6.51. The fraction of sp³-hybridized carbons (Fsp3) is 0.375. The molecule has 0 saturated heterocycles. The van der Waals surface area contributed by atoms with Gasteiger partial charge in [0, 0.05) is 25.6 Å². The Balaban J connectivity index is 0.00000235. The molecular formula is C32H41NO4. The zero-order valence-corrected chi connectivity index (χ0v) is 23.2. The maximum Gasteiger partial charge on any atom is 0.251 e. The van der Waals surface area contributed by atoms with Crippen molar-refractivity contribution < 1.29 is 19.4 Å². The third-order valence-electron chi connectivity index (χ3n) is 6.29. The van der Waals surface area contributed by atoms with Crippen molar-refractivity contribution >= 4 is 12.2 Å². The van der Waals surface area contributed by atoms with Crippen LogP contribution in [0.25, 0.3) is 11.1 Å². The lowest BCUT2D eigenvalue weighted by Gasteiger charge is -2.24. The molecule has 0 fully saturated rings. The molecule has 0 saturated carbocycles. The second-order valence-electron chi connectivity index (χ2n) is 9.82. The first-order valence-corrected chi connectivity index (χ1v) is 12.9. The summed E-state index contributed by atoms with van der Waals surface area (Å²) in [6.07, 6.45) is 0.970. The Hall–Kier alpha value is -3.44. The molecule has 5 nitrogen and oxygen atoms in total. The highest BCUT2D eigenvalue weighted by atomic mass is 16.5. The van der Waals surface area contributed by atoms with Gasteiger partial charge in [0.1, 0.15) is 18.1 Å². The van der Waals surface area contributed by atoms with Crippen molar-refractivity contribution in [2.75, 3.05) is 13.7 Å². The minimum atomic E-state index is -0.177. The van der Waals surface area contributed by atoms with Crippen LogP contribution >= 0.6 is 0 Å². The molecule has 0 aliphatic heterocycles. The van der Waals surface area contributed by atoms with E-state index in [0.717, 1.165) is 24.7 Å². The second kappa shape index (κ2) is 14.3. The van der Waals surface area contributed by atoms with Gasteiger partial charge in [-0.2, -0.15) is 0 Å². The summed E-state index contributed by atoms with van der Waals surface area (Å²) in [5, 5.41) is 9.75. The Bertz CT molecular complexity index is 1130. The van der Waals surface area contributed by atoms with E-state index < -0.39 is 0 Å². The number of aryl methyl sites for hydroxylation is 2. The molecule has 3 aromatic rings. The van der Waals surface area contributed by atoms with Crippen LogP contribution in [0, 0.1) is 19.8 Å². The predicted octanol–water partition coefficient (Wildman–Crippen LogP) is 6.80. The van der Waals surface area contributed by atoms with Gasteiger partial charge in [0.15, 0.2) is 0 Å². The van der Waals surface area contributed by atoms with Gasteiger partial charge in [0.05, 0.1) is 0 Å². The highest BCUT2D eigenvalue weighted by molar-refractivity contribution is 5.94. The van der Waals surface area contributed by atoms with E-state index in [1.807, 2.05) is 24.3 Å². The zero-order valence-electron chi connectivity index (χ0n) is 23.2. The number of benzene rings is 3. The average molecular weight is 504 g/mol. The Morgan fingerprint density at radius 3 is 1.92 bits per heavy atom. The Labute approximate surface area is 221 Å². The van der Waals surface area contributed by atoms with E-state index >= 15 is 0 Å². The number of rotatable bonds is 10. The van der Waals surface area contributed by atoms with Crippen LogP contribution in [0.2, 0.25) is 0 Å². The van der Waals surface area contributed by atoms with Gasteiger partial charge in [0.25, 0.3) is 5.91 Å². The Morgan fingerprint density at radius 2 is 1.43 bits per heavy atom. The number of amides is 1. The highest BCUT2D eigenvalue weighted by Gasteiger charge is 2.20. The topological polar surface area (TPSA) is 75.6 Å². The van der Waals surface area contributed by atoms with E-state index in [1.54, 1.807) is 0 Å². The van der Waals surface area contributed by atoms with E-state index in [0.29, 0.717) is 24.4 Å². The van der Waals surface area contributed by atoms with Crippen LogP contribution in [0.4, 0.5) is 0 Å². The molecule has 198 valence electrons. The summed E-state index contributed by atoms with van der Waals surface area (Å²) in [4.78, 5) is 22.7. The normalized spacial score (nSPS) is 11.5. The number of hydrogen-bond acceptors (Lipinski definition) is 4. The van der Waals surface area contributed by atoms with Crippen LogP contribution < -0.4 is 10.1 Å². The summed E-state index contributed by atoms with van der Waals surface area (Å²) in [6.45, 7) is 13.3. The van der Waals surface area contributed by atoms with Crippen molar-refractivity contribution in [1.29, 1.82) is 0 Å². The molecule has 2 N–H and O–H groups in total. The lowest BCUT2D eigenvalue weighted by molar-refractivity contribution is -0.107. The molecule has 0 spiro atoms. The number of carbonyl (C=O) groups excluding carboxylic acids is 2. The number of ether oxygens (including phenoxy) is 1. The first kappa shape index (κ1) is 29.8. The zero-order chi connectivity index (χ0) is 27.5. The molecule has 0 bridgehead atoms. The van der Waals surface area contributed by atoms with Crippen LogP contribution in [0.5, 0.6) is 5.75 Å². The molecule has 3 aromatic carbocycles. The van der Waals surface area contributed by atoms with Gasteiger partial charge in [-0.3, -0.25) is 4.79 Å². The summed E-state index contributed by atoms with van der Waals surface area (Å²) in [6, 6.07) is 20.6. The van der Waals surface area contributed by atoms with Crippen molar-refractivity contribution in [2.24, 2.45) is 5.92 Å². The van der Waals surface area contributed by atoms with Crippen LogP contribution in [-0.2, 0) is 4.79 Å². The van der Waals surface area contributed by atoms with Crippen LogP contribution in [-0.4, -0.2) is 31.0 Å². The first-order chi connectivity index (χ1) is 17.7. The molecule has 1 amide bonds. The van der Waals surface area contributed by atoms with Crippen LogP contribution in [0.1, 0.15) is 78.7 Å². The molecule has 5 heteroatoms. The number of aliphatic hydroxyl groups is 1. The second-order valence-corrected chi connectivity index (χ2v) is 9.82. The van der Waals surface area contributed by atoms with Gasteiger partial charge in [-0.05, 0) is 83.3 Å². The van der Waals surface area contributed by atoms with Gasteiger partial charge < -0.3 is 20.0 Å².